The van der Waals surface area contributed by atoms with Gasteiger partial charge in [0.05, 0.1) is 0 Å². The number of rotatable bonds is 4. The summed E-state index contributed by atoms with van der Waals surface area (Å²) < 4.78 is 13.1. The van der Waals surface area contributed by atoms with Gasteiger partial charge in [0.1, 0.15) is 11.6 Å². The first-order valence-electron chi connectivity index (χ1n) is 5.65. The fourth-order valence-corrected chi connectivity index (χ4v) is 1.87. The van der Waals surface area contributed by atoms with Crippen LogP contribution in [0, 0.1) is 5.82 Å². The Bertz CT molecular complexity index is 513. The maximum atomic E-state index is 13.1. The van der Waals surface area contributed by atoms with Crippen LogP contribution in [0.25, 0.3) is 0 Å². The summed E-state index contributed by atoms with van der Waals surface area (Å²) in [6, 6.07) is 10.4. The summed E-state index contributed by atoms with van der Waals surface area (Å²) in [5, 5.41) is 0. The molecule has 0 saturated heterocycles. The van der Waals surface area contributed by atoms with Crippen LogP contribution in [-0.2, 0) is 12.4 Å². The average molecular weight is 265 g/mol. The Hall–Kier alpha value is -1.61. The largest absolute Gasteiger partial charge is 0.355 e. The molecule has 0 unspecified atom stereocenters. The van der Waals surface area contributed by atoms with Gasteiger partial charge in [-0.25, -0.2) is 9.37 Å². The molecule has 4 heteroatoms. The minimum Gasteiger partial charge on any atom is -0.355 e. The van der Waals surface area contributed by atoms with Crippen molar-refractivity contribution in [1.82, 2.24) is 4.98 Å². The van der Waals surface area contributed by atoms with Gasteiger partial charge >= 0.3 is 0 Å². The summed E-state index contributed by atoms with van der Waals surface area (Å²) in [7, 11) is 1.92. The molecule has 0 radical (unpaired) electrons. The van der Waals surface area contributed by atoms with Crippen molar-refractivity contribution in [2.24, 2.45) is 0 Å². The van der Waals surface area contributed by atoms with Gasteiger partial charge in [0.15, 0.2) is 0 Å². The smallest absolute Gasteiger partial charge is 0.128 e. The van der Waals surface area contributed by atoms with Crippen molar-refractivity contribution in [3.8, 4) is 0 Å². The monoisotopic (exact) mass is 264 g/mol. The maximum absolute atomic E-state index is 13.1. The van der Waals surface area contributed by atoms with Gasteiger partial charge < -0.3 is 4.90 Å². The highest BCUT2D eigenvalue weighted by molar-refractivity contribution is 6.17. The molecule has 2 aromatic rings. The Labute approximate surface area is 111 Å². The lowest BCUT2D eigenvalue weighted by Crippen LogP contribution is -2.17. The van der Waals surface area contributed by atoms with E-state index in [0.717, 1.165) is 16.9 Å². The zero-order valence-electron chi connectivity index (χ0n) is 10.1. The molecule has 0 amide bonds. The minimum atomic E-state index is -0.216. The van der Waals surface area contributed by atoms with E-state index in [1.54, 1.807) is 12.3 Å². The van der Waals surface area contributed by atoms with Crippen LogP contribution < -0.4 is 4.90 Å². The number of hydrogen-bond donors (Lipinski definition) is 0. The molecule has 0 atom stereocenters. The zero-order chi connectivity index (χ0) is 13.0. The van der Waals surface area contributed by atoms with E-state index in [1.165, 1.54) is 12.1 Å². The maximum Gasteiger partial charge on any atom is 0.128 e. The summed E-state index contributed by atoms with van der Waals surface area (Å²) >= 11 is 5.71. The van der Waals surface area contributed by atoms with Crippen LogP contribution in [0.3, 0.4) is 0 Å². The van der Waals surface area contributed by atoms with E-state index in [0.29, 0.717) is 12.4 Å². The second-order valence-electron chi connectivity index (χ2n) is 4.14. The van der Waals surface area contributed by atoms with E-state index < -0.39 is 0 Å². The molecule has 18 heavy (non-hydrogen) atoms. The third-order valence-electron chi connectivity index (χ3n) is 2.66. The number of alkyl halides is 1. The highest BCUT2D eigenvalue weighted by Crippen LogP contribution is 2.14. The number of halogens is 2. The third kappa shape index (κ3) is 3.20. The van der Waals surface area contributed by atoms with Crippen molar-refractivity contribution in [2.45, 2.75) is 12.4 Å². The van der Waals surface area contributed by atoms with E-state index in [1.807, 2.05) is 30.1 Å². The molecule has 0 aliphatic carbocycles. The molecule has 0 bridgehead atoms. The first-order chi connectivity index (χ1) is 8.69. The predicted molar refractivity (Wildman–Crippen MR) is 72.3 cm³/mol. The van der Waals surface area contributed by atoms with Crippen LogP contribution in [0.1, 0.15) is 11.1 Å². The van der Waals surface area contributed by atoms with Gasteiger partial charge in [-0.3, -0.25) is 0 Å². The summed E-state index contributed by atoms with van der Waals surface area (Å²) in [6.45, 7) is 0.616. The molecule has 0 aliphatic rings. The molecule has 94 valence electrons. The molecule has 1 aromatic carbocycles. The van der Waals surface area contributed by atoms with Crippen LogP contribution in [0.5, 0.6) is 0 Å². The summed E-state index contributed by atoms with van der Waals surface area (Å²) in [5.41, 5.74) is 1.90. The first kappa shape index (κ1) is 12.8. The van der Waals surface area contributed by atoms with Crippen LogP contribution in [0.4, 0.5) is 10.2 Å². The molecular weight excluding hydrogens is 251 g/mol. The Morgan fingerprint density at radius 1 is 1.22 bits per heavy atom. The SMILES string of the molecule is CN(Cc1cccc(F)c1)c1ccc(CCl)cn1. The molecule has 0 aliphatic heterocycles. The highest BCUT2D eigenvalue weighted by atomic mass is 35.5. The lowest BCUT2D eigenvalue weighted by molar-refractivity contribution is 0.625. The normalized spacial score (nSPS) is 10.4. The lowest BCUT2D eigenvalue weighted by Gasteiger charge is -2.18. The molecule has 0 saturated carbocycles. The average Bonchev–Trinajstić information content (AvgIpc) is 2.39. The van der Waals surface area contributed by atoms with Gasteiger partial charge in [-0.15, -0.1) is 11.6 Å². The van der Waals surface area contributed by atoms with Crippen LogP contribution in [-0.4, -0.2) is 12.0 Å². The van der Waals surface area contributed by atoms with Crippen molar-refractivity contribution < 1.29 is 4.39 Å². The number of nitrogens with zero attached hydrogens (tertiary/aromatic N) is 2. The third-order valence-corrected chi connectivity index (χ3v) is 2.97. The van der Waals surface area contributed by atoms with Gasteiger partial charge in [0.25, 0.3) is 0 Å². The molecule has 1 heterocycles. The number of hydrogen-bond acceptors (Lipinski definition) is 2. The van der Waals surface area contributed by atoms with Gasteiger partial charge in [0, 0.05) is 25.7 Å². The van der Waals surface area contributed by atoms with E-state index in [9.17, 15) is 4.39 Å². The van der Waals surface area contributed by atoms with Gasteiger partial charge in [-0.2, -0.15) is 0 Å². The minimum absolute atomic E-state index is 0.216. The summed E-state index contributed by atoms with van der Waals surface area (Å²) in [5.74, 6) is 1.08. The Morgan fingerprint density at radius 3 is 2.67 bits per heavy atom. The van der Waals surface area contributed by atoms with Crippen molar-refractivity contribution in [3.63, 3.8) is 0 Å². The van der Waals surface area contributed by atoms with Crippen LogP contribution in [0.15, 0.2) is 42.6 Å². The Morgan fingerprint density at radius 2 is 2.06 bits per heavy atom. The summed E-state index contributed by atoms with van der Waals surface area (Å²) in [6.07, 6.45) is 1.75. The molecule has 0 fully saturated rings. The number of anilines is 1. The zero-order valence-corrected chi connectivity index (χ0v) is 10.9. The van der Waals surface area contributed by atoms with Gasteiger partial charge in [-0.05, 0) is 29.3 Å². The number of aromatic nitrogens is 1. The highest BCUT2D eigenvalue weighted by Gasteiger charge is 2.04. The Kier molecular flexibility index (Phi) is 4.15. The topological polar surface area (TPSA) is 16.1 Å². The van der Waals surface area contributed by atoms with Crippen molar-refractivity contribution in [3.05, 3.63) is 59.5 Å². The quantitative estimate of drug-likeness (QED) is 0.785. The standard InChI is InChI=1S/C14H14ClFN2/c1-18(10-11-3-2-4-13(16)7-11)14-6-5-12(8-15)9-17-14/h2-7,9H,8,10H2,1H3. The fraction of sp³-hybridized carbons (Fsp3) is 0.214. The summed E-state index contributed by atoms with van der Waals surface area (Å²) in [4.78, 5) is 6.28. The van der Waals surface area contributed by atoms with E-state index >= 15 is 0 Å². The first-order valence-corrected chi connectivity index (χ1v) is 6.19. The van der Waals surface area contributed by atoms with Crippen molar-refractivity contribution in [2.75, 3.05) is 11.9 Å². The van der Waals surface area contributed by atoms with E-state index in [-0.39, 0.29) is 5.82 Å². The van der Waals surface area contributed by atoms with Crippen LogP contribution >= 0.6 is 11.6 Å². The molecule has 1 aromatic heterocycles. The predicted octanol–water partition coefficient (Wildman–Crippen LogP) is 3.60. The molecule has 2 nitrogen and oxygen atoms in total. The van der Waals surface area contributed by atoms with Crippen LogP contribution in [0.2, 0.25) is 0 Å². The molecule has 0 spiro atoms. The van der Waals surface area contributed by atoms with Crippen molar-refractivity contribution in [1.29, 1.82) is 0 Å². The lowest BCUT2D eigenvalue weighted by atomic mass is 10.2. The van der Waals surface area contributed by atoms with Gasteiger partial charge in [-0.1, -0.05) is 18.2 Å². The Balaban J connectivity index is 2.09. The van der Waals surface area contributed by atoms with Gasteiger partial charge in [0.2, 0.25) is 0 Å². The number of benzene rings is 1. The second-order valence-corrected chi connectivity index (χ2v) is 4.41. The van der Waals surface area contributed by atoms with E-state index in [2.05, 4.69) is 4.98 Å². The van der Waals surface area contributed by atoms with Crippen molar-refractivity contribution >= 4 is 17.4 Å². The molecular formula is C14H14ClFN2. The van der Waals surface area contributed by atoms with E-state index in [4.69, 9.17) is 11.6 Å². The fourth-order valence-electron chi connectivity index (χ4n) is 1.71. The molecule has 2 rings (SSSR count). The molecule has 0 N–H and O–H groups in total. The number of pyridine rings is 1. The second kappa shape index (κ2) is 5.83.